The molecule has 0 aliphatic carbocycles. The van der Waals surface area contributed by atoms with Crippen molar-refractivity contribution < 1.29 is 14.3 Å². The molecule has 0 unspecified atom stereocenters. The highest BCUT2D eigenvalue weighted by Crippen LogP contribution is 2.33. The van der Waals surface area contributed by atoms with E-state index in [4.69, 9.17) is 4.74 Å². The van der Waals surface area contributed by atoms with Crippen molar-refractivity contribution in [3.63, 3.8) is 0 Å². The number of carbonyl (C=O) groups is 2. The van der Waals surface area contributed by atoms with Crippen molar-refractivity contribution in [3.05, 3.63) is 53.6 Å². The first-order valence-corrected chi connectivity index (χ1v) is 10.0. The van der Waals surface area contributed by atoms with E-state index >= 15 is 0 Å². The maximum atomic E-state index is 12.3. The average Bonchev–Trinajstić information content (AvgIpc) is 2.67. The fourth-order valence-corrected chi connectivity index (χ4v) is 3.90. The van der Waals surface area contributed by atoms with Gasteiger partial charge in [0.05, 0.1) is 12.7 Å². The lowest BCUT2D eigenvalue weighted by atomic mass is 9.93. The van der Waals surface area contributed by atoms with Gasteiger partial charge in [-0.3, -0.25) is 4.79 Å². The number of Topliss-reactive ketones (excluding diaryl/α,β-unsaturated/α-hetero) is 1. The summed E-state index contributed by atoms with van der Waals surface area (Å²) in [5.41, 5.74) is 2.49. The molecule has 0 aliphatic heterocycles. The summed E-state index contributed by atoms with van der Waals surface area (Å²) in [6.45, 7) is 3.69. The Morgan fingerprint density at radius 3 is 2.38 bits per heavy atom. The third-order valence-corrected chi connectivity index (χ3v) is 5.28. The Kier molecular flexibility index (Phi) is 7.92. The van der Waals surface area contributed by atoms with E-state index in [-0.39, 0.29) is 5.78 Å². The van der Waals surface area contributed by atoms with Crippen molar-refractivity contribution in [2.45, 2.75) is 44.4 Å². The first-order valence-electron chi connectivity index (χ1n) is 9.04. The van der Waals surface area contributed by atoms with Gasteiger partial charge in [-0.25, -0.2) is 4.79 Å². The second-order valence-corrected chi connectivity index (χ2v) is 7.38. The summed E-state index contributed by atoms with van der Waals surface area (Å²) in [4.78, 5) is 25.6. The molecule has 0 radical (unpaired) electrons. The molecule has 138 valence electrons. The minimum atomic E-state index is -0.471. The highest BCUT2D eigenvalue weighted by Gasteiger charge is 2.21. The van der Waals surface area contributed by atoms with Crippen LogP contribution in [0.3, 0.4) is 0 Å². The number of unbranched alkanes of at least 4 members (excludes halogenated alkanes) is 3. The summed E-state index contributed by atoms with van der Waals surface area (Å²) < 4.78 is 4.93. The largest absolute Gasteiger partial charge is 0.465 e. The van der Waals surface area contributed by atoms with Crippen molar-refractivity contribution in [2.24, 2.45) is 0 Å². The number of benzene rings is 2. The van der Waals surface area contributed by atoms with E-state index < -0.39 is 5.97 Å². The molecule has 0 amide bonds. The summed E-state index contributed by atoms with van der Waals surface area (Å²) in [5, 5.41) is 0. The molecule has 0 N–H and O–H groups in total. The van der Waals surface area contributed by atoms with Gasteiger partial charge < -0.3 is 4.74 Å². The maximum absolute atomic E-state index is 12.3. The summed E-state index contributed by atoms with van der Waals surface area (Å²) >= 11 is 1.72. The Morgan fingerprint density at radius 1 is 1.04 bits per heavy atom. The summed E-state index contributed by atoms with van der Waals surface area (Å²) in [7, 11) is 1.35. The fourth-order valence-electron chi connectivity index (χ4n) is 2.91. The maximum Gasteiger partial charge on any atom is 0.338 e. The second-order valence-electron chi connectivity index (χ2n) is 6.22. The lowest BCUT2D eigenvalue weighted by Crippen LogP contribution is -2.11. The Balaban J connectivity index is 2.44. The number of esters is 1. The van der Waals surface area contributed by atoms with Gasteiger partial charge in [0.25, 0.3) is 0 Å². The number of carbonyl (C=O) groups excluding carboxylic acids is 2. The molecule has 3 nitrogen and oxygen atoms in total. The van der Waals surface area contributed by atoms with Gasteiger partial charge in [0.2, 0.25) is 0 Å². The lowest BCUT2D eigenvalue weighted by Gasteiger charge is -2.14. The smallest absolute Gasteiger partial charge is 0.338 e. The van der Waals surface area contributed by atoms with Gasteiger partial charge in [0, 0.05) is 10.5 Å². The van der Waals surface area contributed by atoms with E-state index in [0.717, 1.165) is 28.2 Å². The summed E-state index contributed by atoms with van der Waals surface area (Å²) in [5.74, 6) is 0.387. The third kappa shape index (κ3) is 5.21. The summed E-state index contributed by atoms with van der Waals surface area (Å²) in [6, 6.07) is 13.5. The van der Waals surface area contributed by atoms with E-state index in [1.807, 2.05) is 36.4 Å². The zero-order valence-electron chi connectivity index (χ0n) is 15.7. The number of rotatable bonds is 9. The van der Waals surface area contributed by atoms with E-state index in [0.29, 0.717) is 11.1 Å². The number of ketones is 1. The molecule has 2 aromatic rings. The first kappa shape index (κ1) is 20.2. The normalized spacial score (nSPS) is 10.6. The third-order valence-electron chi connectivity index (χ3n) is 4.22. The number of hydrogen-bond acceptors (Lipinski definition) is 4. The van der Waals surface area contributed by atoms with Gasteiger partial charge in [0.1, 0.15) is 0 Å². The Bertz CT molecular complexity index is 753. The minimum Gasteiger partial charge on any atom is -0.465 e. The van der Waals surface area contributed by atoms with E-state index in [2.05, 4.69) is 6.92 Å². The zero-order chi connectivity index (χ0) is 18.9. The van der Waals surface area contributed by atoms with Crippen molar-refractivity contribution in [1.29, 1.82) is 0 Å². The van der Waals surface area contributed by atoms with Gasteiger partial charge >= 0.3 is 5.97 Å². The van der Waals surface area contributed by atoms with Crippen LogP contribution in [0.25, 0.3) is 11.1 Å². The molecular weight excluding hydrogens is 344 g/mol. The second kappa shape index (κ2) is 10.2. The van der Waals surface area contributed by atoms with E-state index in [9.17, 15) is 9.59 Å². The molecule has 2 rings (SSSR count). The van der Waals surface area contributed by atoms with Gasteiger partial charge in [-0.15, -0.1) is 11.8 Å². The van der Waals surface area contributed by atoms with Crippen LogP contribution in [-0.2, 0) is 4.74 Å². The highest BCUT2D eigenvalue weighted by molar-refractivity contribution is 7.99. The fraction of sp³-hybridized carbons (Fsp3) is 0.364. The molecule has 0 aliphatic rings. The van der Waals surface area contributed by atoms with Crippen LogP contribution in [0.2, 0.25) is 0 Å². The van der Waals surface area contributed by atoms with Crippen molar-refractivity contribution in [1.82, 2.24) is 0 Å². The van der Waals surface area contributed by atoms with Crippen LogP contribution in [0.5, 0.6) is 0 Å². The number of thioether (sulfide) groups is 1. The number of ether oxygens (including phenoxy) is 1. The van der Waals surface area contributed by atoms with Crippen molar-refractivity contribution in [3.8, 4) is 11.1 Å². The molecule has 0 atom stereocenters. The van der Waals surface area contributed by atoms with Crippen LogP contribution >= 0.6 is 11.8 Å². The van der Waals surface area contributed by atoms with Gasteiger partial charge in [0.15, 0.2) is 5.78 Å². The lowest BCUT2D eigenvalue weighted by molar-refractivity contribution is 0.0597. The minimum absolute atomic E-state index is 0.135. The molecule has 0 aromatic heterocycles. The van der Waals surface area contributed by atoms with Crippen LogP contribution in [0.1, 0.15) is 60.2 Å². The van der Waals surface area contributed by atoms with E-state index in [1.54, 1.807) is 17.8 Å². The quantitative estimate of drug-likeness (QED) is 0.234. The molecular formula is C22H26O3S. The molecule has 0 saturated heterocycles. The average molecular weight is 371 g/mol. The molecule has 4 heteroatoms. The van der Waals surface area contributed by atoms with Crippen LogP contribution < -0.4 is 0 Å². The van der Waals surface area contributed by atoms with Crippen LogP contribution in [0.15, 0.2) is 47.4 Å². The van der Waals surface area contributed by atoms with Gasteiger partial charge in [-0.05, 0) is 42.4 Å². The highest BCUT2D eigenvalue weighted by atomic mass is 32.2. The van der Waals surface area contributed by atoms with Crippen molar-refractivity contribution in [2.75, 3.05) is 12.9 Å². The molecule has 0 saturated carbocycles. The molecule has 0 heterocycles. The topological polar surface area (TPSA) is 43.4 Å². The SMILES string of the molecule is CCCCCCSc1cc(C(=O)OC)c(C(C)=O)c(-c2ccccc2)c1. The molecule has 0 spiro atoms. The molecule has 0 bridgehead atoms. The Labute approximate surface area is 160 Å². The van der Waals surface area contributed by atoms with Crippen LogP contribution in [0.4, 0.5) is 0 Å². The van der Waals surface area contributed by atoms with Crippen LogP contribution in [0, 0.1) is 0 Å². The van der Waals surface area contributed by atoms with Crippen molar-refractivity contribution >= 4 is 23.5 Å². The molecule has 26 heavy (non-hydrogen) atoms. The Morgan fingerprint density at radius 2 is 1.77 bits per heavy atom. The predicted molar refractivity (Wildman–Crippen MR) is 108 cm³/mol. The first-order chi connectivity index (χ1) is 12.6. The monoisotopic (exact) mass is 370 g/mol. The van der Waals surface area contributed by atoms with Crippen LogP contribution in [-0.4, -0.2) is 24.6 Å². The Hall–Kier alpha value is -2.07. The van der Waals surface area contributed by atoms with Gasteiger partial charge in [-0.1, -0.05) is 56.5 Å². The molecule has 2 aromatic carbocycles. The summed E-state index contributed by atoms with van der Waals surface area (Å²) in [6.07, 6.45) is 4.81. The zero-order valence-corrected chi connectivity index (χ0v) is 16.5. The number of hydrogen-bond donors (Lipinski definition) is 0. The number of methoxy groups -OCH3 is 1. The van der Waals surface area contributed by atoms with E-state index in [1.165, 1.54) is 33.3 Å². The predicted octanol–water partition coefficient (Wildman–Crippen LogP) is 6.02. The molecule has 0 fully saturated rings. The standard InChI is InChI=1S/C22H26O3S/c1-4-5-6-10-13-26-18-14-19(17-11-8-7-9-12-17)21(16(2)23)20(15-18)22(24)25-3/h7-9,11-12,14-15H,4-6,10,13H2,1-3H3. The van der Waals surface area contributed by atoms with Gasteiger partial charge in [-0.2, -0.15) is 0 Å².